The third-order valence-corrected chi connectivity index (χ3v) is 2.49. The first-order chi connectivity index (χ1) is 7.27. The molecule has 2 nitrogen and oxygen atoms in total. The molecule has 0 aromatic heterocycles. The van der Waals surface area contributed by atoms with E-state index in [1.54, 1.807) is 0 Å². The van der Waals surface area contributed by atoms with Crippen molar-refractivity contribution in [3.8, 4) is 0 Å². The Bertz CT molecular complexity index is 377. The van der Waals surface area contributed by atoms with Gasteiger partial charge in [-0.1, -0.05) is 32.0 Å². The van der Waals surface area contributed by atoms with Crippen molar-refractivity contribution >= 4 is 11.9 Å². The Labute approximate surface area is 90.9 Å². The first kappa shape index (κ1) is 9.97. The Balaban J connectivity index is 2.23. The molecule has 0 saturated heterocycles. The van der Waals surface area contributed by atoms with Crippen molar-refractivity contribution in [1.29, 1.82) is 0 Å². The molecule has 0 unspecified atom stereocenters. The number of aliphatic imine (C=N–C) groups is 1. The Hall–Kier alpha value is -1.57. The number of allylic oxidation sites excluding steroid dienone is 1. The van der Waals surface area contributed by atoms with Gasteiger partial charge in [0.1, 0.15) is 0 Å². The highest BCUT2D eigenvalue weighted by atomic mass is 15.1. The van der Waals surface area contributed by atoms with Crippen LogP contribution in [0, 0.1) is 5.92 Å². The van der Waals surface area contributed by atoms with Crippen LogP contribution in [0.25, 0.3) is 0 Å². The molecule has 0 amide bonds. The number of hydrogen-bond acceptors (Lipinski definition) is 2. The second-order valence-electron chi connectivity index (χ2n) is 4.01. The molecule has 1 aliphatic rings. The molecule has 1 heterocycles. The van der Waals surface area contributed by atoms with Crippen LogP contribution in [0.1, 0.15) is 13.8 Å². The Morgan fingerprint density at radius 3 is 2.60 bits per heavy atom. The van der Waals surface area contributed by atoms with Gasteiger partial charge in [-0.05, 0) is 18.1 Å². The zero-order valence-electron chi connectivity index (χ0n) is 9.22. The molecule has 0 atom stereocenters. The number of rotatable bonds is 2. The highest BCUT2D eigenvalue weighted by molar-refractivity contribution is 5.70. The summed E-state index contributed by atoms with van der Waals surface area (Å²) in [6, 6.07) is 10.4. The predicted octanol–water partition coefficient (Wildman–Crippen LogP) is 3.07. The fourth-order valence-electron chi connectivity index (χ4n) is 1.58. The van der Waals surface area contributed by atoms with Crippen molar-refractivity contribution in [3.63, 3.8) is 0 Å². The normalized spacial score (nSPS) is 15.7. The van der Waals surface area contributed by atoms with Gasteiger partial charge in [-0.15, -0.1) is 0 Å². The predicted molar refractivity (Wildman–Crippen MR) is 65.2 cm³/mol. The average Bonchev–Trinajstić information content (AvgIpc) is 2.30. The summed E-state index contributed by atoms with van der Waals surface area (Å²) in [7, 11) is 0. The van der Waals surface area contributed by atoms with E-state index < -0.39 is 0 Å². The summed E-state index contributed by atoms with van der Waals surface area (Å²) in [5.74, 6) is 0.479. The molecule has 0 spiro atoms. The van der Waals surface area contributed by atoms with E-state index in [-0.39, 0.29) is 0 Å². The summed E-state index contributed by atoms with van der Waals surface area (Å²) in [6.45, 7) is 5.19. The van der Waals surface area contributed by atoms with E-state index in [1.165, 1.54) is 5.69 Å². The maximum atomic E-state index is 4.40. The van der Waals surface area contributed by atoms with Gasteiger partial charge >= 0.3 is 0 Å². The van der Waals surface area contributed by atoms with Crippen molar-refractivity contribution in [1.82, 2.24) is 0 Å². The summed E-state index contributed by atoms with van der Waals surface area (Å²) in [5.41, 5.74) is 2.37. The Morgan fingerprint density at radius 2 is 1.93 bits per heavy atom. The summed E-state index contributed by atoms with van der Waals surface area (Å²) in [4.78, 5) is 6.62. The van der Waals surface area contributed by atoms with Gasteiger partial charge in [-0.3, -0.25) is 4.99 Å². The highest BCUT2D eigenvalue weighted by Crippen LogP contribution is 2.20. The lowest BCUT2D eigenvalue weighted by Gasteiger charge is -2.23. The fourth-order valence-corrected chi connectivity index (χ4v) is 1.58. The second-order valence-corrected chi connectivity index (χ2v) is 4.01. The molecule has 1 aromatic rings. The van der Waals surface area contributed by atoms with Crippen molar-refractivity contribution in [2.75, 3.05) is 11.4 Å². The maximum absolute atomic E-state index is 4.40. The van der Waals surface area contributed by atoms with Crippen molar-refractivity contribution in [2.24, 2.45) is 10.9 Å². The lowest BCUT2D eigenvalue weighted by atomic mass is 10.1. The third kappa shape index (κ3) is 2.27. The molecule has 0 N–H and O–H groups in total. The van der Waals surface area contributed by atoms with Crippen LogP contribution < -0.4 is 4.90 Å². The van der Waals surface area contributed by atoms with E-state index in [2.05, 4.69) is 54.2 Å². The van der Waals surface area contributed by atoms with Gasteiger partial charge in [0.05, 0.1) is 12.2 Å². The van der Waals surface area contributed by atoms with Crippen molar-refractivity contribution < 1.29 is 0 Å². The molecule has 2 heteroatoms. The van der Waals surface area contributed by atoms with Gasteiger partial charge in [0.25, 0.3) is 0 Å². The van der Waals surface area contributed by atoms with Crippen molar-refractivity contribution in [3.05, 3.63) is 42.2 Å². The minimum absolute atomic E-state index is 0.479. The van der Waals surface area contributed by atoms with E-state index in [4.69, 9.17) is 0 Å². The third-order valence-electron chi connectivity index (χ3n) is 2.49. The van der Waals surface area contributed by atoms with Crippen LogP contribution in [0.15, 0.2) is 47.2 Å². The zero-order valence-corrected chi connectivity index (χ0v) is 9.22. The molecular weight excluding hydrogens is 184 g/mol. The van der Waals surface area contributed by atoms with E-state index >= 15 is 0 Å². The molecule has 15 heavy (non-hydrogen) atoms. The molecule has 0 saturated carbocycles. The van der Waals surface area contributed by atoms with Crippen LogP contribution in [0.2, 0.25) is 0 Å². The summed E-state index contributed by atoms with van der Waals surface area (Å²) < 4.78 is 0. The summed E-state index contributed by atoms with van der Waals surface area (Å²) in [5, 5.41) is 0. The number of para-hydroxylation sites is 1. The van der Waals surface area contributed by atoms with E-state index in [0.717, 1.165) is 12.2 Å². The van der Waals surface area contributed by atoms with Gasteiger partial charge in [-0.2, -0.15) is 0 Å². The number of hydrogen-bond donors (Lipinski definition) is 0. The van der Waals surface area contributed by atoms with E-state index in [1.807, 2.05) is 12.3 Å². The SMILES string of the molecule is CC(C)C1=CN(c2ccccc2)CC=N1. The van der Waals surface area contributed by atoms with Crippen LogP contribution in [-0.4, -0.2) is 12.8 Å². The minimum atomic E-state index is 0.479. The standard InChI is InChI=1S/C13H16N2/c1-11(2)13-10-15(9-8-14-13)12-6-4-3-5-7-12/h3-8,10-11H,9H2,1-2H3. The second kappa shape index (κ2) is 4.30. The summed E-state index contributed by atoms with van der Waals surface area (Å²) in [6.07, 6.45) is 4.11. The first-order valence-electron chi connectivity index (χ1n) is 5.33. The van der Waals surface area contributed by atoms with E-state index in [0.29, 0.717) is 5.92 Å². The molecule has 0 fully saturated rings. The molecular formula is C13H16N2. The Kier molecular flexibility index (Phi) is 2.86. The molecule has 1 aromatic carbocycles. The number of anilines is 1. The van der Waals surface area contributed by atoms with Gasteiger partial charge in [-0.25, -0.2) is 0 Å². The molecule has 1 aliphatic heterocycles. The molecule has 0 aliphatic carbocycles. The minimum Gasteiger partial charge on any atom is -0.341 e. The first-order valence-corrected chi connectivity index (χ1v) is 5.33. The average molecular weight is 200 g/mol. The smallest absolute Gasteiger partial charge is 0.0587 e. The van der Waals surface area contributed by atoms with Gasteiger partial charge < -0.3 is 4.90 Å². The Morgan fingerprint density at radius 1 is 1.20 bits per heavy atom. The van der Waals surface area contributed by atoms with Gasteiger partial charge in [0.2, 0.25) is 0 Å². The number of benzene rings is 1. The molecule has 0 bridgehead atoms. The lowest BCUT2D eigenvalue weighted by molar-refractivity contribution is 0.746. The summed E-state index contributed by atoms with van der Waals surface area (Å²) >= 11 is 0. The maximum Gasteiger partial charge on any atom is 0.0587 e. The molecule has 0 radical (unpaired) electrons. The van der Waals surface area contributed by atoms with Crippen molar-refractivity contribution in [2.45, 2.75) is 13.8 Å². The number of nitrogens with zero attached hydrogens (tertiary/aromatic N) is 2. The molecule has 78 valence electrons. The zero-order chi connectivity index (χ0) is 10.7. The van der Waals surface area contributed by atoms with E-state index in [9.17, 15) is 0 Å². The van der Waals surface area contributed by atoms with Crippen LogP contribution in [0.5, 0.6) is 0 Å². The molecule has 2 rings (SSSR count). The van der Waals surface area contributed by atoms with Gasteiger partial charge in [0, 0.05) is 18.1 Å². The monoisotopic (exact) mass is 200 g/mol. The topological polar surface area (TPSA) is 15.6 Å². The van der Waals surface area contributed by atoms with Gasteiger partial charge in [0.15, 0.2) is 0 Å². The van der Waals surface area contributed by atoms with Crippen LogP contribution >= 0.6 is 0 Å². The van der Waals surface area contributed by atoms with Crippen LogP contribution in [0.4, 0.5) is 5.69 Å². The van der Waals surface area contributed by atoms with Crippen LogP contribution in [0.3, 0.4) is 0 Å². The van der Waals surface area contributed by atoms with Crippen LogP contribution in [-0.2, 0) is 0 Å². The lowest BCUT2D eigenvalue weighted by Crippen LogP contribution is -2.23. The highest BCUT2D eigenvalue weighted by Gasteiger charge is 2.10. The largest absolute Gasteiger partial charge is 0.341 e. The fraction of sp³-hybridized carbons (Fsp3) is 0.308. The quantitative estimate of drug-likeness (QED) is 0.716.